The van der Waals surface area contributed by atoms with Crippen molar-refractivity contribution in [2.24, 2.45) is 0 Å². The molecule has 29 heavy (non-hydrogen) atoms. The van der Waals surface area contributed by atoms with E-state index in [0.717, 1.165) is 6.42 Å². The molecule has 1 atom stereocenters. The van der Waals surface area contributed by atoms with Gasteiger partial charge in [-0.05, 0) is 0 Å². The van der Waals surface area contributed by atoms with Gasteiger partial charge in [0.15, 0.2) is 0 Å². The molecule has 0 spiro atoms. The van der Waals surface area contributed by atoms with Crippen molar-refractivity contribution in [3.8, 4) is 0 Å². The van der Waals surface area contributed by atoms with Crippen LogP contribution in [-0.4, -0.2) is 0 Å². The van der Waals surface area contributed by atoms with Gasteiger partial charge in [0, 0.05) is 0 Å². The molecule has 4 aromatic carbocycles. The van der Waals surface area contributed by atoms with Crippen LogP contribution in [0.1, 0.15) is 23.7 Å². The number of hydrogen-bond donors (Lipinski definition) is 0. The quantitative estimate of drug-likeness (QED) is 0.359. The third-order valence-electron chi connectivity index (χ3n) is 6.00. The van der Waals surface area contributed by atoms with Crippen molar-refractivity contribution in [1.29, 1.82) is 0 Å². The summed E-state index contributed by atoms with van der Waals surface area (Å²) in [5, 5.41) is 4.20. The summed E-state index contributed by atoms with van der Waals surface area (Å²) in [6, 6.07) is 42.2. The maximum absolute atomic E-state index is 4.83. The van der Waals surface area contributed by atoms with Gasteiger partial charge < -0.3 is 0 Å². The molecule has 0 N–H and O–H groups in total. The van der Waals surface area contributed by atoms with E-state index in [4.69, 9.17) is 6.92 Å². The molecule has 0 saturated heterocycles. The first-order chi connectivity index (χ1) is 14.3. The topological polar surface area (TPSA) is 0 Å². The van der Waals surface area contributed by atoms with Crippen LogP contribution in [0.3, 0.4) is 0 Å². The molecule has 0 bridgehead atoms. The fraction of sp³-hybridized carbons (Fsp3) is 0.107. The fourth-order valence-corrected chi connectivity index (χ4v) is 9.50. The minimum atomic E-state index is -2.41. The molecular formula is C28H28P. The summed E-state index contributed by atoms with van der Waals surface area (Å²) in [6.45, 7) is 7.03. The average Bonchev–Trinajstić information content (AvgIpc) is 2.82. The zero-order valence-corrected chi connectivity index (χ0v) is 18.0. The number of aryl methyl sites for hydroxylation is 1. The zero-order valence-electron chi connectivity index (χ0n) is 17.0. The van der Waals surface area contributed by atoms with Gasteiger partial charge >= 0.3 is 175 Å². The van der Waals surface area contributed by atoms with E-state index in [0.29, 0.717) is 0 Å². The van der Waals surface area contributed by atoms with Crippen molar-refractivity contribution in [1.82, 2.24) is 0 Å². The molecule has 0 amide bonds. The molecule has 0 fully saturated rings. The van der Waals surface area contributed by atoms with Crippen LogP contribution >= 0.6 is 7.26 Å². The van der Waals surface area contributed by atoms with E-state index in [1.807, 2.05) is 0 Å². The maximum atomic E-state index is 4.83. The molecule has 1 heteroatoms. The standard InChI is InChI=1S/C28H28P/c1-3-24-19-21-25(22-20-24)23(2)29(26-13-7-4-8-14-26,27-15-9-5-10-16-27)28-17-11-6-12-18-28/h4-23,29H,2-3H2,1H3. The summed E-state index contributed by atoms with van der Waals surface area (Å²) in [6.07, 6.45) is 1.06. The predicted octanol–water partition coefficient (Wildman–Crippen LogP) is 5.85. The molecule has 1 unspecified atom stereocenters. The first-order valence-corrected chi connectivity index (χ1v) is 12.4. The van der Waals surface area contributed by atoms with Gasteiger partial charge in [-0.15, -0.1) is 0 Å². The molecule has 0 heterocycles. The van der Waals surface area contributed by atoms with Gasteiger partial charge in [-0.1, -0.05) is 0 Å². The Kier molecular flexibility index (Phi) is 5.93. The molecule has 0 aliphatic carbocycles. The first-order valence-electron chi connectivity index (χ1n) is 10.3. The Hall–Kier alpha value is -2.69. The average molecular weight is 396 g/mol. The number of benzene rings is 4. The summed E-state index contributed by atoms with van der Waals surface area (Å²) in [5.41, 5.74) is 2.83. The SMILES string of the molecule is [CH2]C(c1ccc(CC)cc1)[PH](c1ccccc1)(c1ccccc1)c1ccccc1. The van der Waals surface area contributed by atoms with E-state index >= 15 is 0 Å². The summed E-state index contributed by atoms with van der Waals surface area (Å²) in [7, 11) is -2.41. The third kappa shape index (κ3) is 3.66. The Bertz CT molecular complexity index is 925. The van der Waals surface area contributed by atoms with Crippen molar-refractivity contribution in [3.05, 3.63) is 133 Å². The van der Waals surface area contributed by atoms with Gasteiger partial charge in [-0.3, -0.25) is 0 Å². The molecule has 145 valence electrons. The zero-order chi connectivity index (χ0) is 20.1. The second-order valence-electron chi connectivity index (χ2n) is 7.55. The molecule has 0 aliphatic heterocycles. The Morgan fingerprint density at radius 1 is 0.586 bits per heavy atom. The van der Waals surface area contributed by atoms with E-state index in [9.17, 15) is 0 Å². The van der Waals surface area contributed by atoms with Crippen LogP contribution in [0, 0.1) is 6.92 Å². The van der Waals surface area contributed by atoms with Gasteiger partial charge in [0.25, 0.3) is 0 Å². The molecule has 0 saturated carbocycles. The van der Waals surface area contributed by atoms with E-state index in [-0.39, 0.29) is 5.66 Å². The fourth-order valence-electron chi connectivity index (χ4n) is 4.44. The second-order valence-corrected chi connectivity index (χ2v) is 11.6. The van der Waals surface area contributed by atoms with Crippen LogP contribution in [-0.2, 0) is 6.42 Å². The van der Waals surface area contributed by atoms with Crippen molar-refractivity contribution < 1.29 is 0 Å². The molecule has 1 radical (unpaired) electrons. The second kappa shape index (κ2) is 8.76. The first kappa shape index (κ1) is 19.6. The summed E-state index contributed by atoms with van der Waals surface area (Å²) >= 11 is 0. The van der Waals surface area contributed by atoms with E-state index in [1.165, 1.54) is 27.0 Å². The molecule has 4 aromatic rings. The van der Waals surface area contributed by atoms with Gasteiger partial charge in [-0.25, -0.2) is 0 Å². The van der Waals surface area contributed by atoms with E-state index < -0.39 is 7.26 Å². The van der Waals surface area contributed by atoms with Crippen LogP contribution in [0.25, 0.3) is 0 Å². The Labute approximate surface area is 175 Å². The van der Waals surface area contributed by atoms with Crippen LogP contribution in [0.15, 0.2) is 115 Å². The van der Waals surface area contributed by atoms with Crippen LogP contribution in [0.5, 0.6) is 0 Å². The van der Waals surface area contributed by atoms with Crippen molar-refractivity contribution in [2.75, 3.05) is 0 Å². The van der Waals surface area contributed by atoms with Gasteiger partial charge in [0.05, 0.1) is 0 Å². The molecule has 0 aromatic heterocycles. The van der Waals surface area contributed by atoms with Gasteiger partial charge in [0.1, 0.15) is 0 Å². The van der Waals surface area contributed by atoms with Crippen LogP contribution in [0.2, 0.25) is 0 Å². The Morgan fingerprint density at radius 2 is 0.966 bits per heavy atom. The van der Waals surface area contributed by atoms with E-state index in [2.05, 4.69) is 122 Å². The van der Waals surface area contributed by atoms with Crippen molar-refractivity contribution in [2.45, 2.75) is 19.0 Å². The van der Waals surface area contributed by atoms with Crippen molar-refractivity contribution in [3.63, 3.8) is 0 Å². The third-order valence-corrected chi connectivity index (χ3v) is 11.1. The Morgan fingerprint density at radius 3 is 1.31 bits per heavy atom. The molecule has 4 rings (SSSR count). The van der Waals surface area contributed by atoms with Crippen molar-refractivity contribution >= 4 is 23.2 Å². The molecule has 0 nitrogen and oxygen atoms in total. The van der Waals surface area contributed by atoms with Crippen LogP contribution in [0.4, 0.5) is 0 Å². The number of hydrogen-bond acceptors (Lipinski definition) is 0. The van der Waals surface area contributed by atoms with Gasteiger partial charge in [-0.2, -0.15) is 0 Å². The molecular weight excluding hydrogens is 367 g/mol. The monoisotopic (exact) mass is 395 g/mol. The Balaban J connectivity index is 2.01. The summed E-state index contributed by atoms with van der Waals surface area (Å²) in [4.78, 5) is 0. The normalized spacial score (nSPS) is 13.0. The van der Waals surface area contributed by atoms with E-state index in [1.54, 1.807) is 0 Å². The van der Waals surface area contributed by atoms with Gasteiger partial charge in [0.2, 0.25) is 0 Å². The molecule has 0 aliphatic rings. The summed E-state index contributed by atoms with van der Waals surface area (Å²) < 4.78 is 0. The minimum absolute atomic E-state index is 0.153. The van der Waals surface area contributed by atoms with Crippen LogP contribution < -0.4 is 15.9 Å². The number of rotatable bonds is 6. The predicted molar refractivity (Wildman–Crippen MR) is 130 cm³/mol. The summed E-state index contributed by atoms with van der Waals surface area (Å²) in [5.74, 6) is 0.